The van der Waals surface area contributed by atoms with Crippen molar-refractivity contribution in [3.63, 3.8) is 0 Å². The molecule has 2 heterocycles. The molecule has 0 saturated heterocycles. The van der Waals surface area contributed by atoms with Gasteiger partial charge in [0, 0.05) is 24.5 Å². The van der Waals surface area contributed by atoms with E-state index in [1.54, 1.807) is 11.3 Å². The highest BCUT2D eigenvalue weighted by molar-refractivity contribution is 7.09. The number of aryl methyl sites for hydroxylation is 1. The molecular weight excluding hydrogens is 280 g/mol. The highest BCUT2D eigenvalue weighted by atomic mass is 35.5. The zero-order valence-electron chi connectivity index (χ0n) is 11.2. The van der Waals surface area contributed by atoms with Crippen LogP contribution in [0.15, 0.2) is 11.6 Å². The third kappa shape index (κ3) is 4.03. The van der Waals surface area contributed by atoms with Crippen molar-refractivity contribution < 1.29 is 0 Å². The van der Waals surface area contributed by atoms with Gasteiger partial charge in [-0.05, 0) is 13.3 Å². The quantitative estimate of drug-likeness (QED) is 0.819. The molecule has 0 bridgehead atoms. The molecule has 19 heavy (non-hydrogen) atoms. The van der Waals surface area contributed by atoms with Crippen LogP contribution in [0.2, 0.25) is 5.15 Å². The molecule has 0 aliphatic carbocycles. The normalized spacial score (nSPS) is 12.8. The Morgan fingerprint density at radius 2 is 2.37 bits per heavy atom. The van der Waals surface area contributed by atoms with Gasteiger partial charge in [0.15, 0.2) is 5.15 Å². The predicted molar refractivity (Wildman–Crippen MR) is 79.6 cm³/mol. The molecule has 0 aliphatic rings. The first-order valence-corrected chi connectivity index (χ1v) is 7.82. The van der Waals surface area contributed by atoms with Crippen molar-refractivity contribution in [1.82, 2.24) is 20.3 Å². The average Bonchev–Trinajstić information content (AvgIpc) is 3.03. The zero-order valence-corrected chi connectivity index (χ0v) is 12.8. The lowest BCUT2D eigenvalue weighted by Crippen LogP contribution is -2.18. The Hall–Kier alpha value is -0.910. The molecular formula is C13H19ClN4S. The Morgan fingerprint density at radius 3 is 3.05 bits per heavy atom. The second-order valence-corrected chi connectivity index (χ2v) is 5.81. The van der Waals surface area contributed by atoms with E-state index in [4.69, 9.17) is 11.6 Å². The highest BCUT2D eigenvalue weighted by Crippen LogP contribution is 2.18. The minimum Gasteiger partial charge on any atom is -0.344 e. The number of hydrogen-bond donors (Lipinski definition) is 2. The van der Waals surface area contributed by atoms with Gasteiger partial charge < -0.3 is 10.3 Å². The smallest absolute Gasteiger partial charge is 0.151 e. The molecule has 6 heteroatoms. The average molecular weight is 299 g/mol. The maximum atomic E-state index is 6.14. The minimum atomic E-state index is 0.221. The minimum absolute atomic E-state index is 0.221. The van der Waals surface area contributed by atoms with E-state index < -0.39 is 0 Å². The molecule has 2 aromatic heterocycles. The number of imidazole rings is 1. The molecule has 0 radical (unpaired) electrons. The monoisotopic (exact) mass is 298 g/mol. The molecule has 2 aromatic rings. The van der Waals surface area contributed by atoms with E-state index in [1.807, 2.05) is 11.6 Å². The molecule has 0 spiro atoms. The second kappa shape index (κ2) is 7.03. The predicted octanol–water partition coefficient (Wildman–Crippen LogP) is 3.71. The maximum Gasteiger partial charge on any atom is 0.151 e. The van der Waals surface area contributed by atoms with Crippen molar-refractivity contribution in [1.29, 1.82) is 0 Å². The van der Waals surface area contributed by atoms with E-state index in [0.29, 0.717) is 11.7 Å². The van der Waals surface area contributed by atoms with Crippen molar-refractivity contribution in [2.45, 2.75) is 45.7 Å². The van der Waals surface area contributed by atoms with Crippen LogP contribution < -0.4 is 5.32 Å². The molecule has 0 aliphatic heterocycles. The van der Waals surface area contributed by atoms with Crippen LogP contribution in [0.1, 0.15) is 49.3 Å². The summed E-state index contributed by atoms with van der Waals surface area (Å²) in [5, 5.41) is 7.05. The van der Waals surface area contributed by atoms with Gasteiger partial charge in [0.25, 0.3) is 0 Å². The van der Waals surface area contributed by atoms with E-state index in [2.05, 4.69) is 34.1 Å². The van der Waals surface area contributed by atoms with Crippen LogP contribution in [0.3, 0.4) is 0 Å². The number of H-pyrrole nitrogens is 1. The molecule has 104 valence electrons. The molecule has 2 rings (SSSR count). The Morgan fingerprint density at radius 1 is 1.53 bits per heavy atom. The van der Waals surface area contributed by atoms with Crippen LogP contribution in [-0.4, -0.2) is 15.0 Å². The third-order valence-corrected chi connectivity index (χ3v) is 4.22. The van der Waals surface area contributed by atoms with Gasteiger partial charge in [-0.15, -0.1) is 11.3 Å². The Labute approximate surface area is 122 Å². The van der Waals surface area contributed by atoms with Crippen LogP contribution >= 0.6 is 22.9 Å². The summed E-state index contributed by atoms with van der Waals surface area (Å²) in [4.78, 5) is 11.9. The van der Waals surface area contributed by atoms with Gasteiger partial charge in [0.1, 0.15) is 10.8 Å². The number of unbranched alkanes of at least 4 members (excludes halogenated alkanes) is 1. The zero-order chi connectivity index (χ0) is 13.7. The van der Waals surface area contributed by atoms with Gasteiger partial charge in [-0.3, -0.25) is 0 Å². The van der Waals surface area contributed by atoms with E-state index in [9.17, 15) is 0 Å². The Balaban J connectivity index is 1.90. The summed E-state index contributed by atoms with van der Waals surface area (Å²) in [5.74, 6) is 0.977. The first kappa shape index (κ1) is 14.5. The van der Waals surface area contributed by atoms with Gasteiger partial charge in [0.2, 0.25) is 0 Å². The number of aromatic amines is 1. The summed E-state index contributed by atoms with van der Waals surface area (Å²) < 4.78 is 0. The van der Waals surface area contributed by atoms with Crippen molar-refractivity contribution in [2.24, 2.45) is 0 Å². The fourth-order valence-corrected chi connectivity index (χ4v) is 2.70. The number of aromatic nitrogens is 3. The Kier molecular flexibility index (Phi) is 5.36. The van der Waals surface area contributed by atoms with Gasteiger partial charge in [-0.25, -0.2) is 9.97 Å². The van der Waals surface area contributed by atoms with Crippen LogP contribution in [0.4, 0.5) is 0 Å². The number of nitrogens with zero attached hydrogens (tertiary/aromatic N) is 2. The molecule has 0 fully saturated rings. The summed E-state index contributed by atoms with van der Waals surface area (Å²) in [5.41, 5.74) is 0.955. The first-order valence-electron chi connectivity index (χ1n) is 6.56. The summed E-state index contributed by atoms with van der Waals surface area (Å²) in [6.07, 6.45) is 5.07. The number of nitrogens with one attached hydrogen (secondary N) is 2. The number of rotatable bonds is 7. The standard InChI is InChI=1S/C13H19ClN4S/c1-3-4-5-11-17-10(12(14)18-11)8-16-9(2)13-15-6-7-19-13/h6-7,9,16H,3-5,8H2,1-2H3,(H,17,18). The number of halogens is 1. The van der Waals surface area contributed by atoms with Gasteiger partial charge in [-0.2, -0.15) is 0 Å². The van der Waals surface area contributed by atoms with Crippen LogP contribution in [-0.2, 0) is 13.0 Å². The largest absolute Gasteiger partial charge is 0.344 e. The molecule has 1 atom stereocenters. The highest BCUT2D eigenvalue weighted by Gasteiger charge is 2.11. The summed E-state index contributed by atoms with van der Waals surface area (Å²) in [7, 11) is 0. The lowest BCUT2D eigenvalue weighted by Gasteiger charge is -2.09. The van der Waals surface area contributed by atoms with E-state index in [1.165, 1.54) is 0 Å². The van der Waals surface area contributed by atoms with Crippen LogP contribution in [0.25, 0.3) is 0 Å². The fourth-order valence-electron chi connectivity index (χ4n) is 1.81. The fraction of sp³-hybridized carbons (Fsp3) is 0.538. The van der Waals surface area contributed by atoms with E-state index >= 15 is 0 Å². The van der Waals surface area contributed by atoms with Gasteiger partial charge in [-0.1, -0.05) is 24.9 Å². The van der Waals surface area contributed by atoms with Crippen LogP contribution in [0.5, 0.6) is 0 Å². The van der Waals surface area contributed by atoms with Gasteiger partial charge >= 0.3 is 0 Å². The van der Waals surface area contributed by atoms with Gasteiger partial charge in [0.05, 0.1) is 11.7 Å². The SMILES string of the molecule is CCCCc1nc(Cl)c(CNC(C)c2nccs2)[nH]1. The topological polar surface area (TPSA) is 53.6 Å². The van der Waals surface area contributed by atoms with E-state index in [0.717, 1.165) is 35.8 Å². The Bertz CT molecular complexity index is 495. The van der Waals surface area contributed by atoms with Crippen molar-refractivity contribution >= 4 is 22.9 Å². The third-order valence-electron chi connectivity index (χ3n) is 2.95. The summed E-state index contributed by atoms with van der Waals surface area (Å²) in [6.45, 7) is 4.95. The summed E-state index contributed by atoms with van der Waals surface area (Å²) >= 11 is 7.79. The molecule has 2 N–H and O–H groups in total. The molecule has 0 aromatic carbocycles. The molecule has 1 unspecified atom stereocenters. The summed E-state index contributed by atoms with van der Waals surface area (Å²) in [6, 6.07) is 0.221. The van der Waals surface area contributed by atoms with Crippen LogP contribution in [0, 0.1) is 0 Å². The van der Waals surface area contributed by atoms with Crippen molar-refractivity contribution in [3.05, 3.63) is 33.3 Å². The van der Waals surface area contributed by atoms with E-state index in [-0.39, 0.29) is 6.04 Å². The second-order valence-electron chi connectivity index (χ2n) is 4.53. The van der Waals surface area contributed by atoms with Crippen molar-refractivity contribution in [3.8, 4) is 0 Å². The number of hydrogen-bond acceptors (Lipinski definition) is 4. The molecule has 0 saturated carbocycles. The van der Waals surface area contributed by atoms with Crippen molar-refractivity contribution in [2.75, 3.05) is 0 Å². The lowest BCUT2D eigenvalue weighted by atomic mass is 10.2. The molecule has 4 nitrogen and oxygen atoms in total. The lowest BCUT2D eigenvalue weighted by molar-refractivity contribution is 0.565. The first-order chi connectivity index (χ1) is 9.20. The number of thiazole rings is 1. The molecule has 0 amide bonds. The maximum absolute atomic E-state index is 6.14.